The number of hydrogen-bond donors (Lipinski definition) is 1. The summed E-state index contributed by atoms with van der Waals surface area (Å²) < 4.78 is 40.1. The minimum atomic E-state index is -4.24. The van der Waals surface area contributed by atoms with Crippen LogP contribution < -0.4 is 19.1 Å². The standard InChI is InChI=1S/C33H41N3O6S/c1-5-29(33(38)34-26-13-6-7-14-26)35(22-25-12-10-11-24(2)21-25)32(37)23-36(30-15-8-9-16-31(30)42-4)43(39,40)28-19-17-27(41-3)18-20-28/h8-12,15-21,26,29H,5-7,13-14,22-23H2,1-4H3,(H,34,38)/t29-/m0/s1. The number of nitrogens with one attached hydrogen (secondary N) is 1. The molecular formula is C33H41N3O6S. The van der Waals surface area contributed by atoms with Crippen molar-refractivity contribution in [3.8, 4) is 11.5 Å². The summed E-state index contributed by atoms with van der Waals surface area (Å²) in [7, 11) is -1.29. The molecule has 0 aliphatic heterocycles. The van der Waals surface area contributed by atoms with Crippen LogP contribution in [0.25, 0.3) is 0 Å². The first-order chi connectivity index (χ1) is 20.7. The summed E-state index contributed by atoms with van der Waals surface area (Å²) in [5, 5.41) is 3.14. The summed E-state index contributed by atoms with van der Waals surface area (Å²) in [6.07, 6.45) is 4.32. The largest absolute Gasteiger partial charge is 0.497 e. The number of carbonyl (C=O) groups is 2. The van der Waals surface area contributed by atoms with Gasteiger partial charge in [0.25, 0.3) is 10.0 Å². The Kier molecular flexibility index (Phi) is 10.7. The molecule has 2 amide bonds. The Morgan fingerprint density at radius 3 is 2.28 bits per heavy atom. The third-order valence-electron chi connectivity index (χ3n) is 7.80. The van der Waals surface area contributed by atoms with Crippen LogP contribution in [0.15, 0.2) is 77.7 Å². The summed E-state index contributed by atoms with van der Waals surface area (Å²) in [4.78, 5) is 29.4. The van der Waals surface area contributed by atoms with Crippen LogP contribution in [0, 0.1) is 6.92 Å². The Morgan fingerprint density at radius 1 is 0.953 bits per heavy atom. The van der Waals surface area contributed by atoms with Crippen molar-refractivity contribution in [3.63, 3.8) is 0 Å². The quantitative estimate of drug-likeness (QED) is 0.291. The Hall–Kier alpha value is -4.05. The van der Waals surface area contributed by atoms with Crippen molar-refractivity contribution in [1.82, 2.24) is 10.2 Å². The molecule has 9 nitrogen and oxygen atoms in total. The van der Waals surface area contributed by atoms with Crippen molar-refractivity contribution in [3.05, 3.63) is 83.9 Å². The zero-order valence-electron chi connectivity index (χ0n) is 25.3. The van der Waals surface area contributed by atoms with E-state index in [1.54, 1.807) is 36.4 Å². The molecular weight excluding hydrogens is 566 g/mol. The first-order valence-electron chi connectivity index (χ1n) is 14.6. The third-order valence-corrected chi connectivity index (χ3v) is 9.58. The highest BCUT2D eigenvalue weighted by Crippen LogP contribution is 2.33. The number of amides is 2. The van der Waals surface area contributed by atoms with E-state index < -0.39 is 28.5 Å². The molecule has 1 saturated carbocycles. The predicted octanol–water partition coefficient (Wildman–Crippen LogP) is 5.07. The van der Waals surface area contributed by atoms with Gasteiger partial charge in [-0.25, -0.2) is 8.42 Å². The molecule has 4 rings (SSSR count). The van der Waals surface area contributed by atoms with Crippen LogP contribution >= 0.6 is 0 Å². The molecule has 0 bridgehead atoms. The first-order valence-corrected chi connectivity index (χ1v) is 16.1. The third kappa shape index (κ3) is 7.67. The average Bonchev–Trinajstić information content (AvgIpc) is 3.52. The predicted molar refractivity (Wildman–Crippen MR) is 167 cm³/mol. The van der Waals surface area contributed by atoms with Crippen molar-refractivity contribution in [2.75, 3.05) is 25.1 Å². The number of nitrogens with zero attached hydrogens (tertiary/aromatic N) is 2. The van der Waals surface area contributed by atoms with Crippen LogP contribution in [0.5, 0.6) is 11.5 Å². The van der Waals surface area contributed by atoms with Gasteiger partial charge in [-0.15, -0.1) is 0 Å². The van der Waals surface area contributed by atoms with E-state index in [2.05, 4.69) is 5.32 Å². The van der Waals surface area contributed by atoms with Crippen molar-refractivity contribution in [2.45, 2.75) is 69.5 Å². The molecule has 0 heterocycles. The normalized spacial score (nSPS) is 14.1. The van der Waals surface area contributed by atoms with Gasteiger partial charge in [0, 0.05) is 12.6 Å². The molecule has 3 aromatic rings. The molecule has 0 unspecified atom stereocenters. The van der Waals surface area contributed by atoms with Gasteiger partial charge in [-0.1, -0.05) is 61.7 Å². The molecule has 10 heteroatoms. The SMILES string of the molecule is CC[C@@H](C(=O)NC1CCCC1)N(Cc1cccc(C)c1)C(=O)CN(c1ccccc1OC)S(=O)(=O)c1ccc(OC)cc1. The lowest BCUT2D eigenvalue weighted by molar-refractivity contribution is -0.140. The number of benzene rings is 3. The number of sulfonamides is 1. The van der Waals surface area contributed by atoms with Gasteiger partial charge in [-0.2, -0.15) is 0 Å². The number of anilines is 1. The highest BCUT2D eigenvalue weighted by atomic mass is 32.2. The second kappa shape index (κ2) is 14.4. The van der Waals surface area contributed by atoms with E-state index in [0.29, 0.717) is 17.9 Å². The molecule has 1 aliphatic carbocycles. The maximum absolute atomic E-state index is 14.3. The van der Waals surface area contributed by atoms with Gasteiger partial charge < -0.3 is 19.7 Å². The second-order valence-corrected chi connectivity index (χ2v) is 12.6. The molecule has 0 saturated heterocycles. The van der Waals surface area contributed by atoms with Gasteiger partial charge in [-0.05, 0) is 68.1 Å². The van der Waals surface area contributed by atoms with E-state index >= 15 is 0 Å². The number of ether oxygens (including phenoxy) is 2. The summed E-state index contributed by atoms with van der Waals surface area (Å²) in [5.41, 5.74) is 2.08. The lowest BCUT2D eigenvalue weighted by Crippen LogP contribution is -2.53. The van der Waals surface area contributed by atoms with E-state index in [-0.39, 0.29) is 29.1 Å². The Balaban J connectivity index is 1.74. The fraction of sp³-hybridized carbons (Fsp3) is 0.394. The molecule has 1 N–H and O–H groups in total. The molecule has 1 fully saturated rings. The lowest BCUT2D eigenvalue weighted by atomic mass is 10.1. The van der Waals surface area contributed by atoms with Gasteiger partial charge in [0.2, 0.25) is 11.8 Å². The molecule has 43 heavy (non-hydrogen) atoms. The van der Waals surface area contributed by atoms with Crippen LogP contribution in [0.4, 0.5) is 5.69 Å². The van der Waals surface area contributed by atoms with Gasteiger partial charge >= 0.3 is 0 Å². The van der Waals surface area contributed by atoms with Crippen molar-refractivity contribution in [2.24, 2.45) is 0 Å². The van der Waals surface area contributed by atoms with Crippen LogP contribution in [-0.2, 0) is 26.2 Å². The first kappa shape index (κ1) is 31.9. The molecule has 0 radical (unpaired) electrons. The number of para-hydroxylation sites is 2. The smallest absolute Gasteiger partial charge is 0.264 e. The van der Waals surface area contributed by atoms with Gasteiger partial charge in [0.05, 0.1) is 24.8 Å². The molecule has 3 aromatic carbocycles. The number of hydrogen-bond acceptors (Lipinski definition) is 6. The lowest BCUT2D eigenvalue weighted by Gasteiger charge is -2.34. The van der Waals surface area contributed by atoms with Gasteiger partial charge in [-0.3, -0.25) is 13.9 Å². The number of aryl methyl sites for hydroxylation is 1. The summed E-state index contributed by atoms with van der Waals surface area (Å²) in [6.45, 7) is 3.44. The summed E-state index contributed by atoms with van der Waals surface area (Å²) >= 11 is 0. The fourth-order valence-corrected chi connectivity index (χ4v) is 6.94. The molecule has 230 valence electrons. The summed E-state index contributed by atoms with van der Waals surface area (Å²) in [6, 6.07) is 19.7. The molecule has 1 atom stereocenters. The summed E-state index contributed by atoms with van der Waals surface area (Å²) in [5.74, 6) is 0.0704. The van der Waals surface area contributed by atoms with Crippen LogP contribution in [-0.4, -0.2) is 58.0 Å². The number of rotatable bonds is 13. The van der Waals surface area contributed by atoms with Gasteiger partial charge in [0.15, 0.2) is 0 Å². The number of methoxy groups -OCH3 is 2. The maximum atomic E-state index is 14.3. The molecule has 1 aliphatic rings. The Morgan fingerprint density at radius 2 is 1.65 bits per heavy atom. The van der Waals surface area contributed by atoms with Gasteiger partial charge in [0.1, 0.15) is 24.1 Å². The Labute approximate surface area is 254 Å². The highest BCUT2D eigenvalue weighted by molar-refractivity contribution is 7.92. The number of carbonyl (C=O) groups excluding carboxylic acids is 2. The maximum Gasteiger partial charge on any atom is 0.264 e. The van der Waals surface area contributed by atoms with Crippen LogP contribution in [0.3, 0.4) is 0 Å². The van der Waals surface area contributed by atoms with Crippen molar-refractivity contribution < 1.29 is 27.5 Å². The minimum Gasteiger partial charge on any atom is -0.497 e. The van der Waals surface area contributed by atoms with E-state index in [4.69, 9.17) is 9.47 Å². The van der Waals surface area contributed by atoms with Crippen molar-refractivity contribution >= 4 is 27.5 Å². The minimum absolute atomic E-state index is 0.0109. The zero-order chi connectivity index (χ0) is 31.0. The van der Waals surface area contributed by atoms with Crippen molar-refractivity contribution in [1.29, 1.82) is 0 Å². The zero-order valence-corrected chi connectivity index (χ0v) is 26.1. The topological polar surface area (TPSA) is 105 Å². The van der Waals surface area contributed by atoms with E-state index in [9.17, 15) is 18.0 Å². The van der Waals surface area contributed by atoms with E-state index in [1.165, 1.54) is 31.3 Å². The molecule has 0 spiro atoms. The van der Waals surface area contributed by atoms with E-state index in [1.807, 2.05) is 38.1 Å². The Bertz CT molecular complexity index is 1500. The van der Waals surface area contributed by atoms with Crippen LogP contribution in [0.1, 0.15) is 50.2 Å². The second-order valence-electron chi connectivity index (χ2n) is 10.8. The fourth-order valence-electron chi connectivity index (χ4n) is 5.52. The average molecular weight is 608 g/mol. The van der Waals surface area contributed by atoms with Crippen LogP contribution in [0.2, 0.25) is 0 Å². The molecule has 0 aromatic heterocycles. The van der Waals surface area contributed by atoms with E-state index in [0.717, 1.165) is 41.1 Å². The highest BCUT2D eigenvalue weighted by Gasteiger charge is 2.35. The monoisotopic (exact) mass is 607 g/mol.